The van der Waals surface area contributed by atoms with Gasteiger partial charge in [-0.05, 0) is 42.3 Å². The van der Waals surface area contributed by atoms with Crippen molar-refractivity contribution < 1.29 is 19.4 Å². The smallest absolute Gasteiger partial charge is 0.322 e. The molecule has 0 fully saturated rings. The van der Waals surface area contributed by atoms with Gasteiger partial charge in [0.1, 0.15) is 13.2 Å². The average Bonchev–Trinajstić information content (AvgIpc) is 2.50. The predicted octanol–water partition coefficient (Wildman–Crippen LogP) is 3.28. The van der Waals surface area contributed by atoms with Gasteiger partial charge in [0.05, 0.1) is 10.0 Å². The van der Waals surface area contributed by atoms with Gasteiger partial charge in [0, 0.05) is 11.3 Å². The van der Waals surface area contributed by atoms with Gasteiger partial charge in [-0.3, -0.25) is 9.59 Å². The molecule has 1 amide bonds. The van der Waals surface area contributed by atoms with E-state index in [-0.39, 0.29) is 28.0 Å². The Morgan fingerprint density at radius 1 is 1.16 bits per heavy atom. The first-order valence-electron chi connectivity index (χ1n) is 7.24. The fraction of sp³-hybridized carbons (Fsp3) is 0.176. The van der Waals surface area contributed by atoms with E-state index >= 15 is 0 Å². The standard InChI is InChI=1S/C17H16Cl2N2O4/c1-9-2-10(4-12(20)3-9)8-25-16-13(18)5-11(6-14(16)19)17(24)21-7-15(22)23/h2-6H,7-8,20H2,1H3,(H,21,24)(H,22,23). The van der Waals surface area contributed by atoms with Crippen molar-refractivity contribution in [2.45, 2.75) is 13.5 Å². The van der Waals surface area contributed by atoms with Crippen molar-refractivity contribution in [3.63, 3.8) is 0 Å². The number of amides is 1. The number of hydrogen-bond donors (Lipinski definition) is 3. The fourth-order valence-corrected chi connectivity index (χ4v) is 2.82. The van der Waals surface area contributed by atoms with Crippen LogP contribution in [-0.2, 0) is 11.4 Å². The van der Waals surface area contributed by atoms with Gasteiger partial charge in [-0.15, -0.1) is 0 Å². The molecule has 4 N–H and O–H groups in total. The molecule has 25 heavy (non-hydrogen) atoms. The predicted molar refractivity (Wildman–Crippen MR) is 96.4 cm³/mol. The zero-order valence-electron chi connectivity index (χ0n) is 13.3. The summed E-state index contributed by atoms with van der Waals surface area (Å²) in [6.45, 7) is 1.63. The molecule has 132 valence electrons. The van der Waals surface area contributed by atoms with E-state index in [9.17, 15) is 9.59 Å². The van der Waals surface area contributed by atoms with Crippen LogP contribution in [-0.4, -0.2) is 23.5 Å². The Bertz CT molecular complexity index is 781. The molecule has 0 atom stereocenters. The first-order chi connectivity index (χ1) is 11.8. The van der Waals surface area contributed by atoms with Crippen molar-refractivity contribution in [1.29, 1.82) is 0 Å². The topological polar surface area (TPSA) is 102 Å². The molecule has 0 heterocycles. The number of halogens is 2. The number of carbonyl (C=O) groups is 2. The quantitative estimate of drug-likeness (QED) is 0.665. The van der Waals surface area contributed by atoms with Crippen LogP contribution in [0.1, 0.15) is 21.5 Å². The minimum absolute atomic E-state index is 0.142. The second kappa shape index (κ2) is 8.09. The summed E-state index contributed by atoms with van der Waals surface area (Å²) >= 11 is 12.3. The highest BCUT2D eigenvalue weighted by Gasteiger charge is 2.15. The van der Waals surface area contributed by atoms with Crippen molar-refractivity contribution in [2.24, 2.45) is 0 Å². The number of rotatable bonds is 6. The van der Waals surface area contributed by atoms with Crippen molar-refractivity contribution in [3.8, 4) is 5.75 Å². The maximum atomic E-state index is 11.9. The molecule has 0 aliphatic carbocycles. The number of nitrogen functional groups attached to an aromatic ring is 1. The van der Waals surface area contributed by atoms with Gasteiger partial charge in [-0.25, -0.2) is 0 Å². The third-order valence-electron chi connectivity index (χ3n) is 3.20. The van der Waals surface area contributed by atoms with Gasteiger partial charge in [0.25, 0.3) is 5.91 Å². The van der Waals surface area contributed by atoms with E-state index in [0.717, 1.165) is 11.1 Å². The van der Waals surface area contributed by atoms with Crippen molar-refractivity contribution in [3.05, 3.63) is 57.1 Å². The molecule has 0 bridgehead atoms. The number of benzene rings is 2. The molecule has 0 radical (unpaired) electrons. The third-order valence-corrected chi connectivity index (χ3v) is 3.76. The number of carboxylic acids is 1. The summed E-state index contributed by atoms with van der Waals surface area (Å²) < 4.78 is 5.65. The molecule has 0 spiro atoms. The van der Waals surface area contributed by atoms with Crippen LogP contribution in [0.3, 0.4) is 0 Å². The number of ether oxygens (including phenoxy) is 1. The number of hydrogen-bond acceptors (Lipinski definition) is 4. The van der Waals surface area contributed by atoms with E-state index < -0.39 is 18.4 Å². The molecule has 2 aromatic carbocycles. The lowest BCUT2D eigenvalue weighted by Crippen LogP contribution is -2.29. The highest BCUT2D eigenvalue weighted by molar-refractivity contribution is 6.37. The third kappa shape index (κ3) is 5.27. The Balaban J connectivity index is 2.14. The largest absolute Gasteiger partial charge is 0.486 e. The van der Waals surface area contributed by atoms with Gasteiger partial charge in [0.2, 0.25) is 0 Å². The van der Waals surface area contributed by atoms with E-state index in [0.29, 0.717) is 5.69 Å². The van der Waals surface area contributed by atoms with E-state index in [1.54, 1.807) is 6.07 Å². The van der Waals surface area contributed by atoms with Crippen molar-refractivity contribution in [2.75, 3.05) is 12.3 Å². The molecule has 0 saturated carbocycles. The Morgan fingerprint density at radius 3 is 2.36 bits per heavy atom. The van der Waals surface area contributed by atoms with Crippen LogP contribution in [0.4, 0.5) is 5.69 Å². The Kier molecular flexibility index (Phi) is 6.12. The number of carbonyl (C=O) groups excluding carboxylic acids is 1. The molecule has 0 aliphatic rings. The van der Waals surface area contributed by atoms with E-state index in [2.05, 4.69) is 5.32 Å². The fourth-order valence-electron chi connectivity index (χ4n) is 2.22. The zero-order valence-corrected chi connectivity index (χ0v) is 14.8. The van der Waals surface area contributed by atoms with Crippen LogP contribution in [0.5, 0.6) is 5.75 Å². The van der Waals surface area contributed by atoms with Crippen LogP contribution in [0.2, 0.25) is 10.0 Å². The summed E-state index contributed by atoms with van der Waals surface area (Å²) in [5.74, 6) is -1.51. The maximum Gasteiger partial charge on any atom is 0.322 e. The van der Waals surface area contributed by atoms with E-state index in [1.807, 2.05) is 19.1 Å². The number of anilines is 1. The summed E-state index contributed by atoms with van der Waals surface area (Å²) in [4.78, 5) is 22.4. The minimum Gasteiger partial charge on any atom is -0.486 e. The second-order valence-corrected chi connectivity index (χ2v) is 6.20. The molecule has 0 unspecified atom stereocenters. The number of aryl methyl sites for hydroxylation is 1. The lowest BCUT2D eigenvalue weighted by molar-refractivity contribution is -0.135. The van der Waals surface area contributed by atoms with Crippen LogP contribution in [0.25, 0.3) is 0 Å². The summed E-state index contributed by atoms with van der Waals surface area (Å²) in [5.41, 5.74) is 8.42. The van der Waals surface area contributed by atoms with Gasteiger partial charge in [0.15, 0.2) is 5.75 Å². The number of nitrogens with two attached hydrogens (primary N) is 1. The van der Waals surface area contributed by atoms with Gasteiger partial charge in [-0.2, -0.15) is 0 Å². The van der Waals surface area contributed by atoms with Gasteiger partial charge >= 0.3 is 5.97 Å². The lowest BCUT2D eigenvalue weighted by atomic mass is 10.1. The summed E-state index contributed by atoms with van der Waals surface area (Å²) in [6.07, 6.45) is 0. The summed E-state index contributed by atoms with van der Waals surface area (Å²) in [7, 11) is 0. The molecule has 0 aromatic heterocycles. The highest BCUT2D eigenvalue weighted by Crippen LogP contribution is 2.35. The minimum atomic E-state index is -1.15. The Morgan fingerprint density at radius 2 is 1.80 bits per heavy atom. The zero-order chi connectivity index (χ0) is 18.6. The van der Waals surface area contributed by atoms with E-state index in [4.69, 9.17) is 38.8 Å². The number of carboxylic acid groups (broad SMARTS) is 1. The van der Waals surface area contributed by atoms with Crippen molar-refractivity contribution >= 4 is 40.8 Å². The van der Waals surface area contributed by atoms with Gasteiger partial charge in [-0.1, -0.05) is 29.3 Å². The lowest BCUT2D eigenvalue weighted by Gasteiger charge is -2.12. The van der Waals surface area contributed by atoms with Gasteiger partial charge < -0.3 is 20.9 Å². The number of aliphatic carboxylic acids is 1. The summed E-state index contributed by atoms with van der Waals surface area (Å²) in [5, 5.41) is 11.1. The Labute approximate surface area is 154 Å². The Hall–Kier alpha value is -2.44. The SMILES string of the molecule is Cc1cc(N)cc(COc2c(Cl)cc(C(=O)NCC(=O)O)cc2Cl)c1. The summed E-state index contributed by atoms with van der Waals surface area (Å²) in [6, 6.07) is 8.28. The molecule has 0 saturated heterocycles. The highest BCUT2D eigenvalue weighted by atomic mass is 35.5. The average molecular weight is 383 g/mol. The molecular weight excluding hydrogens is 367 g/mol. The van der Waals surface area contributed by atoms with Crippen LogP contribution in [0, 0.1) is 6.92 Å². The van der Waals surface area contributed by atoms with E-state index in [1.165, 1.54) is 12.1 Å². The monoisotopic (exact) mass is 382 g/mol. The number of nitrogens with one attached hydrogen (secondary N) is 1. The van der Waals surface area contributed by atoms with Crippen LogP contribution in [0.15, 0.2) is 30.3 Å². The normalized spacial score (nSPS) is 10.4. The molecule has 8 heteroatoms. The molecule has 2 aromatic rings. The molecule has 6 nitrogen and oxygen atoms in total. The first-order valence-corrected chi connectivity index (χ1v) is 7.99. The first kappa shape index (κ1) is 18.9. The molecule has 0 aliphatic heterocycles. The second-order valence-electron chi connectivity index (χ2n) is 5.39. The van der Waals surface area contributed by atoms with Crippen LogP contribution >= 0.6 is 23.2 Å². The van der Waals surface area contributed by atoms with Crippen LogP contribution < -0.4 is 15.8 Å². The van der Waals surface area contributed by atoms with Crippen molar-refractivity contribution in [1.82, 2.24) is 5.32 Å². The molecular formula is C17H16Cl2N2O4. The molecule has 2 rings (SSSR count). The maximum absolute atomic E-state index is 11.9.